The van der Waals surface area contributed by atoms with Gasteiger partial charge < -0.3 is 4.57 Å². The van der Waals surface area contributed by atoms with Crippen LogP contribution in [0.4, 0.5) is 0 Å². The van der Waals surface area contributed by atoms with Crippen LogP contribution >= 0.6 is 11.8 Å². The molecule has 0 aliphatic heterocycles. The maximum Gasteiger partial charge on any atom is 0.250 e. The van der Waals surface area contributed by atoms with Gasteiger partial charge in [0.15, 0.2) is 11.0 Å². The first-order chi connectivity index (χ1) is 13.7. The maximum atomic E-state index is 12.1. The van der Waals surface area contributed by atoms with E-state index in [0.717, 1.165) is 35.1 Å². The molecule has 0 aliphatic carbocycles. The van der Waals surface area contributed by atoms with E-state index in [1.807, 2.05) is 54.0 Å². The second kappa shape index (κ2) is 9.85. The molecule has 7 heteroatoms. The lowest BCUT2D eigenvalue weighted by atomic mass is 10.1. The normalized spacial score (nSPS) is 11.1. The third-order valence-electron chi connectivity index (χ3n) is 4.19. The Labute approximate surface area is 169 Å². The number of amides is 1. The van der Waals surface area contributed by atoms with Gasteiger partial charge in [-0.05, 0) is 24.5 Å². The Morgan fingerprint density at radius 3 is 2.54 bits per heavy atom. The predicted molar refractivity (Wildman–Crippen MR) is 113 cm³/mol. The van der Waals surface area contributed by atoms with Gasteiger partial charge in [0.1, 0.15) is 0 Å². The molecule has 0 spiro atoms. The fourth-order valence-electron chi connectivity index (χ4n) is 2.66. The molecule has 144 valence electrons. The van der Waals surface area contributed by atoms with Crippen molar-refractivity contribution in [3.63, 3.8) is 0 Å². The summed E-state index contributed by atoms with van der Waals surface area (Å²) in [6, 6.07) is 18.0. The molecule has 6 nitrogen and oxygen atoms in total. The largest absolute Gasteiger partial charge is 0.302 e. The van der Waals surface area contributed by atoms with E-state index in [2.05, 4.69) is 39.8 Å². The van der Waals surface area contributed by atoms with Crippen molar-refractivity contribution in [1.29, 1.82) is 0 Å². The smallest absolute Gasteiger partial charge is 0.250 e. The number of aromatic nitrogens is 3. The molecule has 0 bridgehead atoms. The molecule has 1 amide bonds. The number of hydrogen-bond acceptors (Lipinski definition) is 5. The molecule has 28 heavy (non-hydrogen) atoms. The van der Waals surface area contributed by atoms with Crippen LogP contribution in [-0.4, -0.2) is 32.6 Å². The van der Waals surface area contributed by atoms with Crippen molar-refractivity contribution in [2.75, 3.05) is 5.75 Å². The first-order valence-electron chi connectivity index (χ1n) is 9.23. The van der Waals surface area contributed by atoms with Gasteiger partial charge >= 0.3 is 0 Å². The highest BCUT2D eigenvalue weighted by molar-refractivity contribution is 7.99. The van der Waals surface area contributed by atoms with Crippen molar-refractivity contribution in [3.05, 3.63) is 65.7 Å². The van der Waals surface area contributed by atoms with Gasteiger partial charge in [-0.1, -0.05) is 73.3 Å². The minimum absolute atomic E-state index is 0.182. The molecular formula is C21H23N5OS. The Hall–Kier alpha value is -2.93. The summed E-state index contributed by atoms with van der Waals surface area (Å²) in [6.45, 7) is 4.88. The Morgan fingerprint density at radius 2 is 1.86 bits per heavy atom. The number of nitrogens with one attached hydrogen (secondary N) is 1. The van der Waals surface area contributed by atoms with Crippen LogP contribution in [-0.2, 0) is 17.8 Å². The van der Waals surface area contributed by atoms with Crippen molar-refractivity contribution in [2.45, 2.75) is 32.0 Å². The maximum absolute atomic E-state index is 12.1. The van der Waals surface area contributed by atoms with E-state index in [4.69, 9.17) is 0 Å². The lowest BCUT2D eigenvalue weighted by molar-refractivity contribution is -0.118. The van der Waals surface area contributed by atoms with Crippen LogP contribution in [0.5, 0.6) is 0 Å². The Morgan fingerprint density at radius 1 is 1.11 bits per heavy atom. The summed E-state index contributed by atoms with van der Waals surface area (Å²) in [5.41, 5.74) is 5.78. The highest BCUT2D eigenvalue weighted by Crippen LogP contribution is 2.23. The summed E-state index contributed by atoms with van der Waals surface area (Å²) < 4.78 is 2.01. The lowest BCUT2D eigenvalue weighted by Crippen LogP contribution is -2.20. The zero-order chi connectivity index (χ0) is 19.8. The monoisotopic (exact) mass is 393 g/mol. The van der Waals surface area contributed by atoms with Crippen molar-refractivity contribution >= 4 is 23.9 Å². The average Bonchev–Trinajstić information content (AvgIpc) is 3.16. The summed E-state index contributed by atoms with van der Waals surface area (Å²) in [4.78, 5) is 12.1. The molecule has 0 radical (unpaired) electrons. The summed E-state index contributed by atoms with van der Waals surface area (Å²) in [5.74, 6) is 0.844. The number of hydrogen-bond donors (Lipinski definition) is 1. The molecular weight excluding hydrogens is 370 g/mol. The number of rotatable bonds is 8. The van der Waals surface area contributed by atoms with Gasteiger partial charge in [0.2, 0.25) is 0 Å². The average molecular weight is 394 g/mol. The molecule has 1 aromatic heterocycles. The lowest BCUT2D eigenvalue weighted by Gasteiger charge is -2.06. The van der Waals surface area contributed by atoms with Crippen LogP contribution < -0.4 is 5.43 Å². The fourth-order valence-corrected chi connectivity index (χ4v) is 3.46. The first-order valence-corrected chi connectivity index (χ1v) is 10.2. The molecule has 0 saturated carbocycles. The molecule has 2 aromatic carbocycles. The molecule has 3 rings (SSSR count). The summed E-state index contributed by atoms with van der Waals surface area (Å²) in [7, 11) is 0. The van der Waals surface area contributed by atoms with Crippen LogP contribution in [0.3, 0.4) is 0 Å². The standard InChI is InChI=1S/C21H23N5OS/c1-3-16-10-12-17(13-11-16)14-22-23-19(27)15-28-21-25-24-20(26(21)4-2)18-8-6-5-7-9-18/h5-14H,3-4,15H2,1-2H3,(H,23,27). The van der Waals surface area contributed by atoms with E-state index in [1.165, 1.54) is 17.3 Å². The number of thioether (sulfide) groups is 1. The number of carbonyl (C=O) groups excluding carboxylic acids is 1. The summed E-state index contributed by atoms with van der Waals surface area (Å²) >= 11 is 1.35. The van der Waals surface area contributed by atoms with E-state index in [0.29, 0.717) is 0 Å². The number of nitrogens with zero attached hydrogens (tertiary/aromatic N) is 4. The zero-order valence-corrected chi connectivity index (χ0v) is 16.8. The summed E-state index contributed by atoms with van der Waals surface area (Å²) in [6.07, 6.45) is 2.64. The van der Waals surface area contributed by atoms with Crippen molar-refractivity contribution in [3.8, 4) is 11.4 Å². The predicted octanol–water partition coefficient (Wildman–Crippen LogP) is 3.77. The van der Waals surface area contributed by atoms with Crippen molar-refractivity contribution in [2.24, 2.45) is 5.10 Å². The Kier molecular flexibility index (Phi) is 6.97. The topological polar surface area (TPSA) is 72.2 Å². The van der Waals surface area contributed by atoms with Gasteiger partial charge in [0, 0.05) is 12.1 Å². The van der Waals surface area contributed by atoms with E-state index in [9.17, 15) is 4.79 Å². The summed E-state index contributed by atoms with van der Waals surface area (Å²) in [5, 5.41) is 13.3. The number of benzene rings is 2. The van der Waals surface area contributed by atoms with E-state index in [-0.39, 0.29) is 11.7 Å². The highest BCUT2D eigenvalue weighted by atomic mass is 32.2. The van der Waals surface area contributed by atoms with Crippen LogP contribution in [0.2, 0.25) is 0 Å². The van der Waals surface area contributed by atoms with Gasteiger partial charge in [-0.2, -0.15) is 5.10 Å². The van der Waals surface area contributed by atoms with Crippen molar-refractivity contribution < 1.29 is 4.79 Å². The third kappa shape index (κ3) is 5.07. The number of hydrazone groups is 1. The number of aryl methyl sites for hydroxylation is 1. The molecule has 3 aromatic rings. The molecule has 0 atom stereocenters. The molecule has 0 unspecified atom stereocenters. The highest BCUT2D eigenvalue weighted by Gasteiger charge is 2.14. The van der Waals surface area contributed by atoms with Gasteiger partial charge in [-0.15, -0.1) is 10.2 Å². The second-order valence-corrected chi connectivity index (χ2v) is 7.04. The van der Waals surface area contributed by atoms with Crippen LogP contribution in [0.25, 0.3) is 11.4 Å². The van der Waals surface area contributed by atoms with Gasteiger partial charge in [0.25, 0.3) is 5.91 Å². The van der Waals surface area contributed by atoms with Crippen LogP contribution in [0.15, 0.2) is 64.9 Å². The second-order valence-electron chi connectivity index (χ2n) is 6.09. The fraction of sp³-hybridized carbons (Fsp3) is 0.238. The van der Waals surface area contributed by atoms with E-state index < -0.39 is 0 Å². The van der Waals surface area contributed by atoms with Gasteiger partial charge in [-0.3, -0.25) is 4.79 Å². The SMILES string of the molecule is CCc1ccc(C=NNC(=O)CSc2nnc(-c3ccccc3)n2CC)cc1. The van der Waals surface area contributed by atoms with Gasteiger partial charge in [-0.25, -0.2) is 5.43 Å². The minimum Gasteiger partial charge on any atom is -0.302 e. The quantitative estimate of drug-likeness (QED) is 0.359. The first kappa shape index (κ1) is 19.8. The van der Waals surface area contributed by atoms with Crippen LogP contribution in [0.1, 0.15) is 25.0 Å². The third-order valence-corrected chi connectivity index (χ3v) is 5.16. The van der Waals surface area contributed by atoms with Crippen molar-refractivity contribution in [1.82, 2.24) is 20.2 Å². The molecule has 0 aliphatic rings. The zero-order valence-electron chi connectivity index (χ0n) is 16.0. The minimum atomic E-state index is -0.182. The molecule has 0 saturated heterocycles. The van der Waals surface area contributed by atoms with E-state index >= 15 is 0 Å². The number of carbonyl (C=O) groups is 1. The van der Waals surface area contributed by atoms with Gasteiger partial charge in [0.05, 0.1) is 12.0 Å². The molecule has 1 N–H and O–H groups in total. The van der Waals surface area contributed by atoms with E-state index in [1.54, 1.807) is 6.21 Å². The molecule has 0 fully saturated rings. The Balaban J connectivity index is 1.55. The molecule has 1 heterocycles. The Bertz CT molecular complexity index is 935. The van der Waals surface area contributed by atoms with Crippen LogP contribution in [0, 0.1) is 0 Å².